The number of nitrogens with one attached hydrogen (secondary N) is 1. The van der Waals surface area contributed by atoms with Crippen LogP contribution in [0.5, 0.6) is 0 Å². The Kier molecular flexibility index (Phi) is 5.50. The summed E-state index contributed by atoms with van der Waals surface area (Å²) in [7, 11) is 0. The van der Waals surface area contributed by atoms with Crippen LogP contribution >= 0.6 is 11.3 Å². The predicted molar refractivity (Wildman–Crippen MR) is 94.1 cm³/mol. The molecule has 3 nitrogen and oxygen atoms in total. The van der Waals surface area contributed by atoms with Crippen LogP contribution in [0.2, 0.25) is 0 Å². The average molecular weight is 358 g/mol. The Hall–Kier alpha value is -2.60. The second-order valence-electron chi connectivity index (χ2n) is 5.55. The molecule has 1 N–H and O–H groups in total. The Morgan fingerprint density at radius 1 is 1.00 bits per heavy atom. The number of hydrogen-bond donors (Lipinski definition) is 1. The number of nitrogens with zero attached hydrogens (tertiary/aromatic N) is 1. The van der Waals surface area contributed by atoms with Crippen molar-refractivity contribution in [2.75, 3.05) is 0 Å². The molecule has 1 aromatic heterocycles. The summed E-state index contributed by atoms with van der Waals surface area (Å²) in [6.45, 7) is 0.372. The number of aromatic nitrogens is 1. The van der Waals surface area contributed by atoms with Crippen LogP contribution in [-0.4, -0.2) is 10.9 Å². The molecule has 0 saturated heterocycles. The molecule has 3 aromatic rings. The van der Waals surface area contributed by atoms with E-state index in [4.69, 9.17) is 0 Å². The summed E-state index contributed by atoms with van der Waals surface area (Å²) in [5, 5.41) is 5.52. The first-order valence-electron chi connectivity index (χ1n) is 7.81. The van der Waals surface area contributed by atoms with Crippen molar-refractivity contribution in [3.05, 3.63) is 76.8 Å². The molecule has 0 aliphatic carbocycles. The van der Waals surface area contributed by atoms with E-state index in [2.05, 4.69) is 10.3 Å². The third-order valence-corrected chi connectivity index (χ3v) is 4.59. The van der Waals surface area contributed by atoms with Crippen molar-refractivity contribution in [1.82, 2.24) is 10.3 Å². The van der Waals surface area contributed by atoms with Gasteiger partial charge in [0.2, 0.25) is 5.91 Å². The fourth-order valence-corrected chi connectivity index (χ4v) is 3.14. The number of carbonyl (C=O) groups excluding carboxylic acids is 1. The molecule has 0 bridgehead atoms. The maximum absolute atomic E-state index is 13.0. The standard InChI is InChI=1S/C19H16F2N2OS/c20-15-5-1-13(2-6-15)11-22-18(24)10-9-17-12-25-19(23-17)14-3-7-16(21)8-4-14/h1-8,12H,9-11H2,(H,22,24). The smallest absolute Gasteiger partial charge is 0.220 e. The number of benzene rings is 2. The summed E-state index contributed by atoms with van der Waals surface area (Å²) in [6, 6.07) is 12.2. The van der Waals surface area contributed by atoms with Gasteiger partial charge in [0.25, 0.3) is 0 Å². The van der Waals surface area contributed by atoms with E-state index < -0.39 is 0 Å². The van der Waals surface area contributed by atoms with Gasteiger partial charge < -0.3 is 5.32 Å². The van der Waals surface area contributed by atoms with E-state index >= 15 is 0 Å². The van der Waals surface area contributed by atoms with Crippen LogP contribution in [0.4, 0.5) is 8.78 Å². The normalized spacial score (nSPS) is 10.6. The number of rotatable bonds is 6. The highest BCUT2D eigenvalue weighted by molar-refractivity contribution is 7.13. The fraction of sp³-hybridized carbons (Fsp3) is 0.158. The Morgan fingerprint density at radius 2 is 1.64 bits per heavy atom. The highest BCUT2D eigenvalue weighted by atomic mass is 32.1. The zero-order valence-corrected chi connectivity index (χ0v) is 14.2. The second-order valence-corrected chi connectivity index (χ2v) is 6.41. The third kappa shape index (κ3) is 4.93. The molecule has 0 radical (unpaired) electrons. The van der Waals surface area contributed by atoms with E-state index in [0.29, 0.717) is 19.4 Å². The molecule has 6 heteroatoms. The molecule has 0 fully saturated rings. The van der Waals surface area contributed by atoms with Crippen LogP contribution in [0.3, 0.4) is 0 Å². The lowest BCUT2D eigenvalue weighted by atomic mass is 10.2. The second kappa shape index (κ2) is 7.98. The van der Waals surface area contributed by atoms with E-state index in [1.807, 2.05) is 5.38 Å². The maximum atomic E-state index is 13.0. The molecule has 128 valence electrons. The number of thiazole rings is 1. The van der Waals surface area contributed by atoms with Gasteiger partial charge in [0.05, 0.1) is 5.69 Å². The minimum atomic E-state index is -0.296. The molecule has 3 rings (SSSR count). The zero-order valence-electron chi connectivity index (χ0n) is 13.3. The minimum Gasteiger partial charge on any atom is -0.352 e. The lowest BCUT2D eigenvalue weighted by Crippen LogP contribution is -2.23. The number of hydrogen-bond acceptors (Lipinski definition) is 3. The van der Waals surface area contributed by atoms with Crippen LogP contribution in [0, 0.1) is 11.6 Å². The van der Waals surface area contributed by atoms with Gasteiger partial charge in [-0.3, -0.25) is 4.79 Å². The lowest BCUT2D eigenvalue weighted by molar-refractivity contribution is -0.121. The van der Waals surface area contributed by atoms with E-state index in [1.165, 1.54) is 35.6 Å². The van der Waals surface area contributed by atoms with E-state index in [-0.39, 0.29) is 17.5 Å². The number of aryl methyl sites for hydroxylation is 1. The van der Waals surface area contributed by atoms with Crippen LogP contribution in [0.15, 0.2) is 53.9 Å². The minimum absolute atomic E-state index is 0.0827. The van der Waals surface area contributed by atoms with Gasteiger partial charge >= 0.3 is 0 Å². The molecule has 1 amide bonds. The molecule has 1 heterocycles. The molecule has 0 aliphatic rings. The Labute approximate surface area is 148 Å². The highest BCUT2D eigenvalue weighted by Crippen LogP contribution is 2.24. The van der Waals surface area contributed by atoms with Gasteiger partial charge in [-0.25, -0.2) is 13.8 Å². The molecule has 0 saturated carbocycles. The fourth-order valence-electron chi connectivity index (χ4n) is 2.28. The summed E-state index contributed by atoms with van der Waals surface area (Å²) in [6.07, 6.45) is 0.862. The first-order valence-corrected chi connectivity index (χ1v) is 8.69. The molecule has 25 heavy (non-hydrogen) atoms. The van der Waals surface area contributed by atoms with Crippen LogP contribution < -0.4 is 5.32 Å². The lowest BCUT2D eigenvalue weighted by Gasteiger charge is -2.04. The van der Waals surface area contributed by atoms with Crippen molar-refractivity contribution in [3.8, 4) is 10.6 Å². The monoisotopic (exact) mass is 358 g/mol. The number of amides is 1. The average Bonchev–Trinajstić information content (AvgIpc) is 3.09. The van der Waals surface area contributed by atoms with Gasteiger partial charge in [0.1, 0.15) is 16.6 Å². The van der Waals surface area contributed by atoms with Gasteiger partial charge in [0.15, 0.2) is 0 Å². The van der Waals surface area contributed by atoms with Crippen LogP contribution in [0.1, 0.15) is 17.7 Å². The Morgan fingerprint density at radius 3 is 2.32 bits per heavy atom. The van der Waals surface area contributed by atoms with Crippen LogP contribution in [0.25, 0.3) is 10.6 Å². The Bertz CT molecular complexity index is 845. The molecular weight excluding hydrogens is 342 g/mol. The third-order valence-electron chi connectivity index (χ3n) is 3.65. The Balaban J connectivity index is 1.49. The van der Waals surface area contributed by atoms with Crippen molar-refractivity contribution in [2.45, 2.75) is 19.4 Å². The maximum Gasteiger partial charge on any atom is 0.220 e. The van der Waals surface area contributed by atoms with Crippen molar-refractivity contribution < 1.29 is 13.6 Å². The van der Waals surface area contributed by atoms with Crippen molar-refractivity contribution >= 4 is 17.2 Å². The number of carbonyl (C=O) groups is 1. The molecule has 0 atom stereocenters. The first-order chi connectivity index (χ1) is 12.1. The quantitative estimate of drug-likeness (QED) is 0.712. The molecule has 2 aromatic carbocycles. The van der Waals surface area contributed by atoms with Crippen molar-refractivity contribution in [3.63, 3.8) is 0 Å². The van der Waals surface area contributed by atoms with Gasteiger partial charge in [-0.1, -0.05) is 12.1 Å². The van der Waals surface area contributed by atoms with E-state index in [0.717, 1.165) is 21.8 Å². The number of halogens is 2. The highest BCUT2D eigenvalue weighted by Gasteiger charge is 2.08. The molecule has 0 unspecified atom stereocenters. The first kappa shape index (κ1) is 17.2. The zero-order chi connectivity index (χ0) is 17.6. The predicted octanol–water partition coefficient (Wildman–Crippen LogP) is 4.34. The van der Waals surface area contributed by atoms with Gasteiger partial charge in [-0.05, 0) is 48.4 Å². The summed E-state index contributed by atoms with van der Waals surface area (Å²) in [5.41, 5.74) is 2.54. The summed E-state index contributed by atoms with van der Waals surface area (Å²) in [5.74, 6) is -0.658. The molecule has 0 spiro atoms. The van der Waals surface area contributed by atoms with Crippen LogP contribution in [-0.2, 0) is 17.8 Å². The van der Waals surface area contributed by atoms with Crippen molar-refractivity contribution in [2.24, 2.45) is 0 Å². The van der Waals surface area contributed by atoms with Gasteiger partial charge in [-0.2, -0.15) is 0 Å². The summed E-state index contributed by atoms with van der Waals surface area (Å²) in [4.78, 5) is 16.4. The van der Waals surface area contributed by atoms with E-state index in [9.17, 15) is 13.6 Å². The molecule has 0 aliphatic heterocycles. The van der Waals surface area contributed by atoms with Gasteiger partial charge in [0, 0.05) is 23.9 Å². The largest absolute Gasteiger partial charge is 0.352 e. The SMILES string of the molecule is O=C(CCc1csc(-c2ccc(F)cc2)n1)NCc1ccc(F)cc1. The summed E-state index contributed by atoms with van der Waals surface area (Å²) < 4.78 is 25.8. The van der Waals surface area contributed by atoms with E-state index in [1.54, 1.807) is 24.3 Å². The molecular formula is C19H16F2N2OS. The topological polar surface area (TPSA) is 42.0 Å². The van der Waals surface area contributed by atoms with Crippen molar-refractivity contribution in [1.29, 1.82) is 0 Å². The summed E-state index contributed by atoms with van der Waals surface area (Å²) >= 11 is 1.47. The van der Waals surface area contributed by atoms with Gasteiger partial charge in [-0.15, -0.1) is 11.3 Å².